The molecule has 0 aliphatic rings. The molecule has 0 aromatic carbocycles. The van der Waals surface area contributed by atoms with Crippen LogP contribution in [0.5, 0.6) is 0 Å². The summed E-state index contributed by atoms with van der Waals surface area (Å²) in [6, 6.07) is 2.24. The van der Waals surface area contributed by atoms with E-state index in [9.17, 15) is 4.55 Å². The highest BCUT2D eigenvalue weighted by atomic mass is 79.9. The molecule has 0 radical (unpaired) electrons. The number of rotatable bonds is 4. The van der Waals surface area contributed by atoms with Crippen molar-refractivity contribution in [3.8, 4) is 0 Å². The third-order valence-electron chi connectivity index (χ3n) is 2.35. The maximum atomic E-state index is 12.2. The van der Waals surface area contributed by atoms with Crippen LogP contribution in [0.2, 0.25) is 0 Å². The lowest BCUT2D eigenvalue weighted by Gasteiger charge is -2.29. The highest BCUT2D eigenvalue weighted by Gasteiger charge is 2.31. The van der Waals surface area contributed by atoms with E-state index < -0.39 is 11.4 Å². The fourth-order valence-electron chi connectivity index (χ4n) is 1.31. The van der Waals surface area contributed by atoms with Gasteiger partial charge in [0.25, 0.3) is 0 Å². The smallest absolute Gasteiger partial charge is 0.136 e. The van der Waals surface area contributed by atoms with Crippen molar-refractivity contribution in [3.63, 3.8) is 0 Å². The Bertz CT molecular complexity index is 360. The molecule has 1 N–H and O–H groups in total. The molecule has 0 saturated heterocycles. The highest BCUT2D eigenvalue weighted by Crippen LogP contribution is 2.31. The molecule has 1 aromatic rings. The van der Waals surface area contributed by atoms with Crippen molar-refractivity contribution in [1.82, 2.24) is 4.72 Å². The van der Waals surface area contributed by atoms with E-state index in [4.69, 9.17) is 0 Å². The van der Waals surface area contributed by atoms with Gasteiger partial charge in [0, 0.05) is 26.1 Å². The Morgan fingerprint density at radius 3 is 2.35 bits per heavy atom. The van der Waals surface area contributed by atoms with Gasteiger partial charge < -0.3 is 4.55 Å². The monoisotopic (exact) mass is 337 g/mol. The van der Waals surface area contributed by atoms with E-state index in [0.29, 0.717) is 5.92 Å². The van der Waals surface area contributed by atoms with Crippen LogP contribution in [0.15, 0.2) is 15.9 Å². The predicted molar refractivity (Wildman–Crippen MR) is 80.6 cm³/mol. The molecule has 1 unspecified atom stereocenters. The van der Waals surface area contributed by atoms with Gasteiger partial charge in [0.15, 0.2) is 0 Å². The number of halogens is 1. The number of nitrogens with one attached hydrogen (secondary N) is 1. The normalized spacial score (nSPS) is 16.2. The van der Waals surface area contributed by atoms with E-state index in [2.05, 4.69) is 45.9 Å². The molecule has 0 aliphatic heterocycles. The summed E-state index contributed by atoms with van der Waals surface area (Å²) in [4.78, 5) is 1.23. The van der Waals surface area contributed by atoms with Crippen molar-refractivity contribution in [2.24, 2.45) is 5.92 Å². The molecule has 0 bridgehead atoms. The third kappa shape index (κ3) is 4.56. The summed E-state index contributed by atoms with van der Waals surface area (Å²) < 4.78 is 16.3. The molecule has 0 aliphatic carbocycles. The number of thiophene rings is 1. The van der Waals surface area contributed by atoms with Crippen LogP contribution in [0.3, 0.4) is 0 Å². The minimum absolute atomic E-state index is 0.145. The van der Waals surface area contributed by atoms with Crippen molar-refractivity contribution in [3.05, 3.63) is 20.8 Å². The molecule has 17 heavy (non-hydrogen) atoms. The lowest BCUT2D eigenvalue weighted by atomic mass is 10.0. The number of hydrogen-bond acceptors (Lipinski definition) is 3. The van der Waals surface area contributed by atoms with Crippen molar-refractivity contribution < 1.29 is 4.55 Å². The summed E-state index contributed by atoms with van der Waals surface area (Å²) in [6.07, 6.45) is 0. The zero-order valence-electron chi connectivity index (χ0n) is 10.9. The van der Waals surface area contributed by atoms with Crippen molar-refractivity contribution in [2.75, 3.05) is 0 Å². The molecule has 0 saturated carbocycles. The van der Waals surface area contributed by atoms with E-state index in [-0.39, 0.29) is 10.8 Å². The lowest BCUT2D eigenvalue weighted by molar-refractivity contribution is 0.457. The summed E-state index contributed by atoms with van der Waals surface area (Å²) in [5.41, 5.74) is 0. The molecule has 0 spiro atoms. The Hall–Kier alpha value is 0.450. The first-order valence-corrected chi connectivity index (χ1v) is 8.46. The molecule has 0 amide bonds. The van der Waals surface area contributed by atoms with Gasteiger partial charge in [-0.05, 0) is 48.7 Å². The maximum absolute atomic E-state index is 12.2. The van der Waals surface area contributed by atoms with E-state index >= 15 is 0 Å². The molecular weight excluding hydrogens is 318 g/mol. The molecule has 1 rings (SSSR count). The molecule has 2 nitrogen and oxygen atoms in total. The molecule has 98 valence electrons. The second-order valence-electron chi connectivity index (χ2n) is 5.39. The zero-order chi connectivity index (χ0) is 13.2. The largest absolute Gasteiger partial charge is 0.598 e. The van der Waals surface area contributed by atoms with Crippen molar-refractivity contribution in [2.45, 2.75) is 45.4 Å². The Morgan fingerprint density at radius 1 is 1.41 bits per heavy atom. The van der Waals surface area contributed by atoms with E-state index in [1.807, 2.05) is 20.8 Å². The topological polar surface area (TPSA) is 35.1 Å². The summed E-state index contributed by atoms with van der Waals surface area (Å²) >= 11 is 4.12. The van der Waals surface area contributed by atoms with E-state index in [1.54, 1.807) is 11.3 Å². The average Bonchev–Trinajstić information content (AvgIpc) is 2.58. The van der Waals surface area contributed by atoms with Gasteiger partial charge in [-0.3, -0.25) is 0 Å². The first-order valence-electron chi connectivity index (χ1n) is 5.64. The number of hydrogen-bond donors (Lipinski definition) is 1. The first-order chi connectivity index (χ1) is 7.71. The van der Waals surface area contributed by atoms with Gasteiger partial charge in [0.05, 0.1) is 6.04 Å². The van der Waals surface area contributed by atoms with Gasteiger partial charge in [-0.1, -0.05) is 13.8 Å². The molecule has 1 aromatic heterocycles. The van der Waals surface area contributed by atoms with Crippen molar-refractivity contribution >= 4 is 38.6 Å². The molecule has 1 heterocycles. The van der Waals surface area contributed by atoms with Gasteiger partial charge in [-0.25, -0.2) is 0 Å². The van der Waals surface area contributed by atoms with E-state index in [1.165, 1.54) is 4.88 Å². The van der Waals surface area contributed by atoms with Crippen LogP contribution >= 0.6 is 27.3 Å². The first kappa shape index (κ1) is 15.5. The second kappa shape index (κ2) is 6.06. The van der Waals surface area contributed by atoms with Crippen LogP contribution in [0, 0.1) is 5.92 Å². The van der Waals surface area contributed by atoms with Crippen LogP contribution < -0.4 is 4.72 Å². The van der Waals surface area contributed by atoms with Crippen LogP contribution in [0.1, 0.15) is 45.5 Å². The van der Waals surface area contributed by atoms with Gasteiger partial charge >= 0.3 is 0 Å². The Balaban J connectivity index is 2.81. The van der Waals surface area contributed by atoms with Gasteiger partial charge in [0.2, 0.25) is 0 Å². The van der Waals surface area contributed by atoms with Gasteiger partial charge in [-0.15, -0.1) is 16.1 Å². The second-order valence-corrected chi connectivity index (χ2v) is 9.24. The van der Waals surface area contributed by atoms with Crippen LogP contribution in [-0.2, 0) is 11.4 Å². The molecule has 0 fully saturated rings. The quantitative estimate of drug-likeness (QED) is 0.833. The SMILES string of the molecule is CC(C)C(N[S@@+]([O-])C(C)(C)C)c1cc(Br)cs1. The van der Waals surface area contributed by atoms with Crippen LogP contribution in [-0.4, -0.2) is 9.30 Å². The maximum Gasteiger partial charge on any atom is 0.136 e. The van der Waals surface area contributed by atoms with Crippen LogP contribution in [0.25, 0.3) is 0 Å². The van der Waals surface area contributed by atoms with Crippen molar-refractivity contribution in [1.29, 1.82) is 0 Å². The minimum atomic E-state index is -1.04. The molecule has 2 atom stereocenters. The molecular formula is C12H20BrNOS2. The zero-order valence-corrected chi connectivity index (χ0v) is 14.1. The minimum Gasteiger partial charge on any atom is -0.598 e. The molecule has 5 heteroatoms. The van der Waals surface area contributed by atoms with Crippen LogP contribution in [0.4, 0.5) is 0 Å². The standard InChI is InChI=1S/C12H20BrNOS2/c1-8(2)11(10-6-9(13)7-16-10)14-17(15)12(3,4)5/h6-8,11,14H,1-5H3/t11?,17-/m0/s1. The fraction of sp³-hybridized carbons (Fsp3) is 0.667. The fourth-order valence-corrected chi connectivity index (χ4v) is 4.03. The van der Waals surface area contributed by atoms with Gasteiger partial charge in [-0.2, -0.15) is 0 Å². The third-order valence-corrected chi connectivity index (χ3v) is 5.71. The summed E-state index contributed by atoms with van der Waals surface area (Å²) in [6.45, 7) is 10.2. The summed E-state index contributed by atoms with van der Waals surface area (Å²) in [5, 5.41) is 2.06. The summed E-state index contributed by atoms with van der Waals surface area (Å²) in [5.74, 6) is 0.409. The lowest BCUT2D eigenvalue weighted by Crippen LogP contribution is -2.42. The summed E-state index contributed by atoms with van der Waals surface area (Å²) in [7, 11) is 0. The highest BCUT2D eigenvalue weighted by molar-refractivity contribution is 9.10. The Morgan fingerprint density at radius 2 is 2.00 bits per heavy atom. The Kier molecular flexibility index (Phi) is 5.53. The predicted octanol–water partition coefficient (Wildman–Crippen LogP) is 4.26. The average molecular weight is 338 g/mol. The van der Waals surface area contributed by atoms with Gasteiger partial charge in [0.1, 0.15) is 4.75 Å². The van der Waals surface area contributed by atoms with E-state index in [0.717, 1.165) is 4.47 Å². The Labute approximate surface area is 120 Å².